The zero-order chi connectivity index (χ0) is 14.6. The fourth-order valence-electron chi connectivity index (χ4n) is 1.60. The Labute approximate surface area is 116 Å². The Morgan fingerprint density at radius 1 is 1.35 bits per heavy atom. The Hall–Kier alpha value is -2.12. The Morgan fingerprint density at radius 3 is 2.70 bits per heavy atom. The quantitative estimate of drug-likeness (QED) is 0.599. The Kier molecular flexibility index (Phi) is 4.21. The number of benzene rings is 1. The summed E-state index contributed by atoms with van der Waals surface area (Å²) in [7, 11) is 0. The Morgan fingerprint density at radius 2 is 2.05 bits per heavy atom. The molecule has 1 saturated heterocycles. The smallest absolute Gasteiger partial charge is 0.422 e. The fourth-order valence-corrected chi connectivity index (χ4v) is 1.60. The molecule has 1 aliphatic rings. The molecule has 0 aliphatic carbocycles. The maximum Gasteiger partial charge on any atom is 0.422 e. The number of amides is 1. The van der Waals surface area contributed by atoms with Crippen molar-refractivity contribution in [2.24, 2.45) is 0 Å². The van der Waals surface area contributed by atoms with E-state index in [1.54, 1.807) is 6.92 Å². The van der Waals surface area contributed by atoms with Gasteiger partial charge in [0.25, 0.3) is 0 Å². The minimum absolute atomic E-state index is 0.0216. The van der Waals surface area contributed by atoms with Gasteiger partial charge in [-0.25, -0.2) is 9.59 Å². The predicted molar refractivity (Wildman–Crippen MR) is 68.1 cm³/mol. The van der Waals surface area contributed by atoms with Crippen molar-refractivity contribution < 1.29 is 24.2 Å². The van der Waals surface area contributed by atoms with Crippen LogP contribution < -0.4 is 5.43 Å². The molecule has 2 rings (SSSR count). The first-order chi connectivity index (χ1) is 9.56. The van der Waals surface area contributed by atoms with E-state index in [1.165, 1.54) is 0 Å². The number of rotatable bonds is 5. The molecule has 0 saturated carbocycles. The molecule has 2 unspecified atom stereocenters. The van der Waals surface area contributed by atoms with Crippen LogP contribution in [0.5, 0.6) is 0 Å². The number of hydrogen-bond donors (Lipinski definition) is 2. The van der Waals surface area contributed by atoms with Crippen LogP contribution in [0.15, 0.2) is 30.3 Å². The monoisotopic (exact) mass is 280 g/mol. The number of carbonyl (C=O) groups excluding carboxylic acids is 2. The average molecular weight is 280 g/mol. The number of hydrogen-bond acceptors (Lipinski definition) is 6. The van der Waals surface area contributed by atoms with E-state index in [9.17, 15) is 14.7 Å². The second kappa shape index (κ2) is 5.89. The van der Waals surface area contributed by atoms with E-state index in [0.29, 0.717) is 0 Å². The molecule has 0 bridgehead atoms. The van der Waals surface area contributed by atoms with Gasteiger partial charge in [0, 0.05) is 0 Å². The first-order valence-electron chi connectivity index (χ1n) is 6.21. The van der Waals surface area contributed by atoms with Gasteiger partial charge in [0.05, 0.1) is 13.2 Å². The SMILES string of the molecule is CCOC(=O)C1(O)CN1NC(=O)OCc1ccccc1. The third-order valence-corrected chi connectivity index (χ3v) is 2.76. The van der Waals surface area contributed by atoms with Gasteiger partial charge in [0.1, 0.15) is 6.61 Å². The maximum absolute atomic E-state index is 11.5. The van der Waals surface area contributed by atoms with Crippen molar-refractivity contribution >= 4 is 12.1 Å². The predicted octanol–water partition coefficient (Wildman–Crippen LogP) is 0.395. The summed E-state index contributed by atoms with van der Waals surface area (Å²) < 4.78 is 9.64. The zero-order valence-electron chi connectivity index (χ0n) is 11.0. The van der Waals surface area contributed by atoms with E-state index in [0.717, 1.165) is 10.6 Å². The molecule has 7 nitrogen and oxygen atoms in total. The highest BCUT2D eigenvalue weighted by Gasteiger charge is 2.60. The van der Waals surface area contributed by atoms with Crippen LogP contribution in [-0.2, 0) is 20.9 Å². The molecule has 20 heavy (non-hydrogen) atoms. The van der Waals surface area contributed by atoms with Crippen molar-refractivity contribution in [3.8, 4) is 0 Å². The van der Waals surface area contributed by atoms with Crippen molar-refractivity contribution in [3.05, 3.63) is 35.9 Å². The number of nitrogens with one attached hydrogen (secondary N) is 1. The van der Waals surface area contributed by atoms with Gasteiger partial charge in [-0.1, -0.05) is 30.3 Å². The molecule has 1 amide bonds. The maximum atomic E-state index is 11.5. The van der Waals surface area contributed by atoms with Gasteiger partial charge < -0.3 is 14.6 Å². The van der Waals surface area contributed by atoms with Crippen LogP contribution in [0.4, 0.5) is 4.79 Å². The highest BCUT2D eigenvalue weighted by Crippen LogP contribution is 2.27. The summed E-state index contributed by atoms with van der Waals surface area (Å²) in [6.07, 6.45) is -0.742. The first-order valence-corrected chi connectivity index (χ1v) is 6.21. The Bertz CT molecular complexity index is 493. The van der Waals surface area contributed by atoms with Gasteiger partial charge in [-0.3, -0.25) is 5.43 Å². The molecule has 7 heteroatoms. The summed E-state index contributed by atoms with van der Waals surface area (Å²) in [6, 6.07) is 9.17. The molecule has 0 spiro atoms. The number of aliphatic hydroxyl groups is 1. The van der Waals surface area contributed by atoms with Crippen LogP contribution in [0.3, 0.4) is 0 Å². The highest BCUT2D eigenvalue weighted by molar-refractivity contribution is 5.83. The number of carbonyl (C=O) groups is 2. The minimum atomic E-state index is -1.78. The number of hydrazine groups is 1. The second-order valence-corrected chi connectivity index (χ2v) is 4.30. The van der Waals surface area contributed by atoms with E-state index in [1.807, 2.05) is 30.3 Å². The van der Waals surface area contributed by atoms with Crippen LogP contribution in [0.2, 0.25) is 0 Å². The molecular weight excluding hydrogens is 264 g/mol. The van der Waals surface area contributed by atoms with Gasteiger partial charge in [0.2, 0.25) is 5.72 Å². The van der Waals surface area contributed by atoms with Crippen LogP contribution >= 0.6 is 0 Å². The van der Waals surface area contributed by atoms with Crippen LogP contribution in [-0.4, -0.2) is 41.1 Å². The molecule has 2 atom stereocenters. The Balaban J connectivity index is 1.75. The van der Waals surface area contributed by atoms with Gasteiger partial charge in [-0.15, -0.1) is 0 Å². The van der Waals surface area contributed by atoms with Crippen molar-refractivity contribution in [1.82, 2.24) is 10.4 Å². The van der Waals surface area contributed by atoms with Crippen molar-refractivity contribution in [2.75, 3.05) is 13.2 Å². The lowest BCUT2D eigenvalue weighted by molar-refractivity contribution is -0.159. The zero-order valence-corrected chi connectivity index (χ0v) is 11.0. The molecule has 0 radical (unpaired) electrons. The summed E-state index contributed by atoms with van der Waals surface area (Å²) >= 11 is 0. The average Bonchev–Trinajstić information content (AvgIpc) is 3.10. The number of esters is 1. The molecule has 1 heterocycles. The van der Waals surface area contributed by atoms with Gasteiger partial charge >= 0.3 is 12.1 Å². The summed E-state index contributed by atoms with van der Waals surface area (Å²) in [5, 5.41) is 10.9. The van der Waals surface area contributed by atoms with Gasteiger partial charge in [-0.2, -0.15) is 5.01 Å². The van der Waals surface area contributed by atoms with Crippen LogP contribution in [0, 0.1) is 0 Å². The third-order valence-electron chi connectivity index (χ3n) is 2.76. The summed E-state index contributed by atoms with van der Waals surface area (Å²) in [4.78, 5) is 22.9. The molecule has 2 N–H and O–H groups in total. The van der Waals surface area contributed by atoms with Crippen molar-refractivity contribution in [2.45, 2.75) is 19.3 Å². The van der Waals surface area contributed by atoms with E-state index in [-0.39, 0.29) is 19.8 Å². The van der Waals surface area contributed by atoms with E-state index in [4.69, 9.17) is 4.74 Å². The van der Waals surface area contributed by atoms with Crippen molar-refractivity contribution in [1.29, 1.82) is 0 Å². The summed E-state index contributed by atoms with van der Waals surface area (Å²) in [5.74, 6) is -0.789. The molecule has 1 aromatic rings. The largest absolute Gasteiger partial charge is 0.463 e. The van der Waals surface area contributed by atoms with Crippen LogP contribution in [0.25, 0.3) is 0 Å². The lowest BCUT2D eigenvalue weighted by Crippen LogP contribution is -2.39. The third kappa shape index (κ3) is 3.25. The molecule has 1 aliphatic heterocycles. The normalized spacial score (nSPS) is 23.8. The van der Waals surface area contributed by atoms with Crippen molar-refractivity contribution in [3.63, 3.8) is 0 Å². The van der Waals surface area contributed by atoms with Crippen LogP contribution in [0.1, 0.15) is 12.5 Å². The standard InChI is InChI=1S/C13H16N2O5/c1-2-19-11(16)13(18)9-15(13)14-12(17)20-8-10-6-4-3-5-7-10/h3-7,18H,2,8-9H2,1H3,(H,14,17). The first kappa shape index (κ1) is 14.3. The van der Waals surface area contributed by atoms with E-state index < -0.39 is 17.8 Å². The van der Waals surface area contributed by atoms with Gasteiger partial charge in [0.15, 0.2) is 0 Å². The number of β-amino-alcohol motifs (C(OH)–C–C–N with tert-alkyl or cyclic N) is 1. The minimum Gasteiger partial charge on any atom is -0.463 e. The topological polar surface area (TPSA) is 87.9 Å². The lowest BCUT2D eigenvalue weighted by atomic mass is 10.2. The van der Waals surface area contributed by atoms with E-state index >= 15 is 0 Å². The highest BCUT2D eigenvalue weighted by atomic mass is 16.6. The molecule has 1 aromatic carbocycles. The molecule has 108 valence electrons. The molecule has 1 fully saturated rings. The van der Waals surface area contributed by atoms with Gasteiger partial charge in [-0.05, 0) is 12.5 Å². The molecular formula is C13H16N2O5. The lowest BCUT2D eigenvalue weighted by Gasteiger charge is -2.11. The number of nitrogens with zero attached hydrogens (tertiary/aromatic N) is 1. The van der Waals surface area contributed by atoms with E-state index in [2.05, 4.69) is 10.2 Å². The fraction of sp³-hybridized carbons (Fsp3) is 0.385. The summed E-state index contributed by atoms with van der Waals surface area (Å²) in [6.45, 7) is 1.88. The second-order valence-electron chi connectivity index (χ2n) is 4.30. The summed E-state index contributed by atoms with van der Waals surface area (Å²) in [5.41, 5.74) is 1.34. The molecule has 0 aromatic heterocycles. The number of ether oxygens (including phenoxy) is 2.